The summed E-state index contributed by atoms with van der Waals surface area (Å²) in [6.45, 7) is 4.30. The third-order valence-corrected chi connectivity index (χ3v) is 11.1. The number of hydrogen-bond donors (Lipinski definition) is 0. The average molecular weight is 581 g/mol. The number of morpholine rings is 1. The quantitative estimate of drug-likeness (QED) is 0.422. The predicted octanol–water partition coefficient (Wildman–Crippen LogP) is 3.89. The molecule has 0 spiro atoms. The van der Waals surface area contributed by atoms with Crippen LogP contribution < -0.4 is 4.74 Å². The van der Waals surface area contributed by atoms with Crippen molar-refractivity contribution >= 4 is 26.7 Å². The lowest BCUT2D eigenvalue weighted by Gasteiger charge is -2.42. The highest BCUT2D eigenvalue weighted by Gasteiger charge is 2.39. The molecule has 10 heteroatoms. The first-order chi connectivity index (χ1) is 19.8. The lowest BCUT2D eigenvalue weighted by molar-refractivity contribution is -0.134. The molecule has 1 aliphatic carbocycles. The van der Waals surface area contributed by atoms with E-state index in [0.29, 0.717) is 19.1 Å². The zero-order chi connectivity index (χ0) is 28.6. The van der Waals surface area contributed by atoms with Crippen LogP contribution in [0.25, 0.3) is 10.8 Å². The third kappa shape index (κ3) is 5.62. The van der Waals surface area contributed by atoms with Crippen LogP contribution in [0.4, 0.5) is 0 Å². The smallest absolute Gasteiger partial charge is 0.243 e. The zero-order valence-corrected chi connectivity index (χ0v) is 24.8. The van der Waals surface area contributed by atoms with Crippen molar-refractivity contribution in [2.24, 2.45) is 0 Å². The van der Waals surface area contributed by atoms with Crippen molar-refractivity contribution in [2.75, 3.05) is 47.0 Å². The number of methoxy groups -OCH3 is 1. The Morgan fingerprint density at radius 1 is 1.02 bits per heavy atom. The van der Waals surface area contributed by atoms with Crippen molar-refractivity contribution in [3.8, 4) is 5.75 Å². The van der Waals surface area contributed by atoms with E-state index in [1.807, 2.05) is 54.5 Å². The number of fused-ring (bicyclic) bond motifs is 2. The lowest BCUT2D eigenvalue weighted by Crippen LogP contribution is -2.50. The molecule has 9 nitrogen and oxygen atoms in total. The lowest BCUT2D eigenvalue weighted by atomic mass is 9.88. The molecule has 1 amide bonds. The molecule has 1 saturated carbocycles. The van der Waals surface area contributed by atoms with E-state index >= 15 is 0 Å². The molecule has 1 aromatic heterocycles. The molecule has 1 unspecified atom stereocenters. The second kappa shape index (κ2) is 11.8. The van der Waals surface area contributed by atoms with E-state index in [9.17, 15) is 13.2 Å². The monoisotopic (exact) mass is 580 g/mol. The topological polar surface area (TPSA) is 84.3 Å². The Morgan fingerprint density at radius 3 is 2.61 bits per heavy atom. The van der Waals surface area contributed by atoms with E-state index in [1.165, 1.54) is 4.31 Å². The molecule has 6 rings (SSSR count). The highest BCUT2D eigenvalue weighted by molar-refractivity contribution is 7.89. The number of aromatic nitrogens is 1. The summed E-state index contributed by atoms with van der Waals surface area (Å²) >= 11 is 0. The summed E-state index contributed by atoms with van der Waals surface area (Å²) in [5, 5.41) is 1.73. The number of ether oxygens (including phenoxy) is 2. The first kappa shape index (κ1) is 28.2. The van der Waals surface area contributed by atoms with Crippen LogP contribution in [0.1, 0.15) is 43.8 Å². The molecule has 2 fully saturated rings. The molecule has 41 heavy (non-hydrogen) atoms. The van der Waals surface area contributed by atoms with Gasteiger partial charge in [0.2, 0.25) is 15.9 Å². The van der Waals surface area contributed by atoms with Crippen LogP contribution in [0.5, 0.6) is 5.75 Å². The average Bonchev–Trinajstić information content (AvgIpc) is 3.50. The van der Waals surface area contributed by atoms with Gasteiger partial charge in [-0.1, -0.05) is 12.1 Å². The predicted molar refractivity (Wildman–Crippen MR) is 157 cm³/mol. The maximum Gasteiger partial charge on any atom is 0.243 e. The maximum absolute atomic E-state index is 14.1. The molecule has 3 heterocycles. The molecule has 220 valence electrons. The molecule has 2 aromatic carbocycles. The fourth-order valence-electron chi connectivity index (χ4n) is 6.84. The zero-order valence-electron chi connectivity index (χ0n) is 23.9. The second-order valence-electron chi connectivity index (χ2n) is 11.5. The standard InChI is InChI=1S/C31H40N4O5S/c1-32(25-5-3-6-26(21-25)33-15-17-40-18-16-33)31(36)22-30-29-7-4-12-34(29)13-14-35(30)41(37,38)28-11-9-23-19-27(39-2)10-8-24(23)20-28/h4,7-12,19-20,25-26,30H,3,5-6,13-18,21-22H2,1-2H3/t25-,26-,30?/m0/s1. The fourth-order valence-corrected chi connectivity index (χ4v) is 8.47. The highest BCUT2D eigenvalue weighted by Crippen LogP contribution is 2.36. The van der Waals surface area contributed by atoms with Gasteiger partial charge in [0.05, 0.1) is 31.3 Å². The normalized spacial score (nSPS) is 24.2. The first-order valence-electron chi connectivity index (χ1n) is 14.7. The van der Waals surface area contributed by atoms with Gasteiger partial charge in [-0.05, 0) is 72.9 Å². The summed E-state index contributed by atoms with van der Waals surface area (Å²) < 4.78 is 42.7. The number of amides is 1. The van der Waals surface area contributed by atoms with Crippen LogP contribution in [0.2, 0.25) is 0 Å². The maximum atomic E-state index is 14.1. The Morgan fingerprint density at radius 2 is 1.80 bits per heavy atom. The summed E-state index contributed by atoms with van der Waals surface area (Å²) in [5.41, 5.74) is 0.863. The SMILES string of the molecule is COc1ccc2cc(S(=O)(=O)N3CCn4cccc4C3CC(=O)N(C)[C@H]3CCC[C@H](N4CCOCC4)C3)ccc2c1. The van der Waals surface area contributed by atoms with Gasteiger partial charge < -0.3 is 18.9 Å². The summed E-state index contributed by atoms with van der Waals surface area (Å²) in [5.74, 6) is 0.713. The van der Waals surface area contributed by atoms with E-state index in [2.05, 4.69) is 9.47 Å². The molecule has 0 radical (unpaired) electrons. The minimum atomic E-state index is -3.86. The van der Waals surface area contributed by atoms with Gasteiger partial charge in [-0.3, -0.25) is 9.69 Å². The number of hydrogen-bond acceptors (Lipinski definition) is 6. The van der Waals surface area contributed by atoms with Gasteiger partial charge in [-0.15, -0.1) is 0 Å². The number of carbonyl (C=O) groups excluding carboxylic acids is 1. The van der Waals surface area contributed by atoms with Crippen LogP contribution in [-0.2, 0) is 26.1 Å². The van der Waals surface area contributed by atoms with Crippen LogP contribution in [0.3, 0.4) is 0 Å². The van der Waals surface area contributed by atoms with E-state index in [4.69, 9.17) is 9.47 Å². The van der Waals surface area contributed by atoms with Crippen molar-refractivity contribution in [1.82, 2.24) is 18.7 Å². The van der Waals surface area contributed by atoms with Crippen molar-refractivity contribution in [1.29, 1.82) is 0 Å². The highest BCUT2D eigenvalue weighted by atomic mass is 32.2. The Bertz CT molecular complexity index is 1500. The number of rotatable bonds is 7. The minimum Gasteiger partial charge on any atom is -0.497 e. The Labute approximate surface area is 242 Å². The summed E-state index contributed by atoms with van der Waals surface area (Å²) in [6.07, 6.45) is 6.26. The molecule has 3 atom stereocenters. The summed E-state index contributed by atoms with van der Waals surface area (Å²) in [4.78, 5) is 18.5. The second-order valence-corrected chi connectivity index (χ2v) is 13.4. The number of nitrogens with zero attached hydrogens (tertiary/aromatic N) is 4. The number of sulfonamides is 1. The molecular weight excluding hydrogens is 540 g/mol. The Kier molecular flexibility index (Phi) is 8.09. The van der Waals surface area contributed by atoms with E-state index in [-0.39, 0.29) is 23.3 Å². The van der Waals surface area contributed by atoms with Crippen LogP contribution in [0.15, 0.2) is 59.6 Å². The molecule has 3 aliphatic rings. The van der Waals surface area contributed by atoms with Crippen molar-refractivity contribution < 1.29 is 22.7 Å². The fraction of sp³-hybridized carbons (Fsp3) is 0.516. The largest absolute Gasteiger partial charge is 0.497 e. The van der Waals surface area contributed by atoms with Crippen molar-refractivity contribution in [3.05, 3.63) is 60.4 Å². The Hall–Kier alpha value is -2.92. The number of benzene rings is 2. The summed E-state index contributed by atoms with van der Waals surface area (Å²) in [7, 11) is -0.350. The van der Waals surface area contributed by atoms with Gasteiger partial charge in [0.1, 0.15) is 5.75 Å². The van der Waals surface area contributed by atoms with E-state index in [1.54, 1.807) is 19.2 Å². The van der Waals surface area contributed by atoms with E-state index < -0.39 is 16.1 Å². The molecule has 2 aliphatic heterocycles. The van der Waals surface area contributed by atoms with Crippen molar-refractivity contribution in [2.45, 2.75) is 61.7 Å². The van der Waals surface area contributed by atoms with Crippen molar-refractivity contribution in [3.63, 3.8) is 0 Å². The van der Waals surface area contributed by atoms with Gasteiger partial charge in [0.15, 0.2) is 0 Å². The summed E-state index contributed by atoms with van der Waals surface area (Å²) in [6, 6.07) is 14.7. The van der Waals surface area contributed by atoms with Gasteiger partial charge >= 0.3 is 0 Å². The Balaban J connectivity index is 1.23. The van der Waals surface area contributed by atoms with Gasteiger partial charge in [-0.2, -0.15) is 4.31 Å². The molecule has 0 bridgehead atoms. The van der Waals surface area contributed by atoms with Crippen LogP contribution in [0, 0.1) is 0 Å². The van der Waals surface area contributed by atoms with E-state index in [0.717, 1.165) is 74.2 Å². The molecule has 0 N–H and O–H groups in total. The van der Waals surface area contributed by atoms with Gasteiger partial charge in [0.25, 0.3) is 0 Å². The van der Waals surface area contributed by atoms with Crippen LogP contribution in [-0.4, -0.2) is 92.1 Å². The number of carbonyl (C=O) groups is 1. The van der Waals surface area contributed by atoms with Gasteiger partial charge in [0, 0.05) is 63.6 Å². The molecule has 1 saturated heterocycles. The molecular formula is C31H40N4O5S. The minimum absolute atomic E-state index is 0.0110. The molecule has 3 aromatic rings. The first-order valence-corrected chi connectivity index (χ1v) is 16.1. The third-order valence-electron chi connectivity index (χ3n) is 9.23. The van der Waals surface area contributed by atoms with Gasteiger partial charge in [-0.25, -0.2) is 8.42 Å². The van der Waals surface area contributed by atoms with Crippen LogP contribution >= 0.6 is 0 Å².